The van der Waals surface area contributed by atoms with Gasteiger partial charge in [-0.3, -0.25) is 0 Å². The van der Waals surface area contributed by atoms with Crippen LogP contribution in [0.5, 0.6) is 11.5 Å². The highest BCUT2D eigenvalue weighted by atomic mass is 16.3. The van der Waals surface area contributed by atoms with Crippen LogP contribution in [0.15, 0.2) is 84.9 Å². The molecule has 0 aliphatic heterocycles. The van der Waals surface area contributed by atoms with E-state index in [1.54, 1.807) is 12.1 Å². The molecular formula is C26H22O2. The van der Waals surface area contributed by atoms with Gasteiger partial charge in [0.2, 0.25) is 0 Å². The molecule has 2 N–H and O–H groups in total. The zero-order valence-electron chi connectivity index (χ0n) is 16.0. The predicted octanol–water partition coefficient (Wildman–Crippen LogP) is 6.72. The maximum atomic E-state index is 9.98. The van der Waals surface area contributed by atoms with Crippen LogP contribution in [-0.2, 0) is 0 Å². The van der Waals surface area contributed by atoms with Crippen LogP contribution in [-0.4, -0.2) is 10.2 Å². The van der Waals surface area contributed by atoms with Gasteiger partial charge in [0.1, 0.15) is 11.5 Å². The molecule has 0 aromatic heterocycles. The number of phenols is 2. The third-order valence-electron chi connectivity index (χ3n) is 5.13. The van der Waals surface area contributed by atoms with Crippen LogP contribution in [0.1, 0.15) is 11.1 Å². The lowest BCUT2D eigenvalue weighted by Crippen LogP contribution is -1.85. The van der Waals surface area contributed by atoms with Crippen molar-refractivity contribution in [3.05, 3.63) is 96.1 Å². The molecule has 2 heteroatoms. The number of hydrogen-bond acceptors (Lipinski definition) is 2. The van der Waals surface area contributed by atoms with E-state index in [1.807, 2.05) is 38.1 Å². The van der Waals surface area contributed by atoms with Crippen molar-refractivity contribution in [3.8, 4) is 44.9 Å². The second kappa shape index (κ2) is 7.24. The van der Waals surface area contributed by atoms with Gasteiger partial charge in [-0.2, -0.15) is 0 Å². The largest absolute Gasteiger partial charge is 0.508 e. The Kier molecular flexibility index (Phi) is 4.62. The molecule has 0 aliphatic carbocycles. The summed E-state index contributed by atoms with van der Waals surface area (Å²) in [6.45, 7) is 3.85. The molecule has 0 spiro atoms. The van der Waals surface area contributed by atoms with Gasteiger partial charge in [-0.1, -0.05) is 60.7 Å². The first kappa shape index (κ1) is 17.9. The van der Waals surface area contributed by atoms with Gasteiger partial charge in [0.05, 0.1) is 0 Å². The van der Waals surface area contributed by atoms with Crippen molar-refractivity contribution >= 4 is 0 Å². The Morgan fingerprint density at radius 3 is 1.07 bits per heavy atom. The Bertz CT molecular complexity index is 1080. The summed E-state index contributed by atoms with van der Waals surface area (Å²) in [5.41, 5.74) is 8.55. The molecule has 4 aromatic rings. The topological polar surface area (TPSA) is 40.5 Å². The van der Waals surface area contributed by atoms with E-state index in [1.165, 1.54) is 0 Å². The molecule has 0 radical (unpaired) electrons. The Labute approximate surface area is 165 Å². The van der Waals surface area contributed by atoms with Crippen LogP contribution < -0.4 is 0 Å². The molecule has 0 saturated carbocycles. The van der Waals surface area contributed by atoms with Crippen molar-refractivity contribution in [1.82, 2.24) is 0 Å². The van der Waals surface area contributed by atoms with E-state index in [0.29, 0.717) is 5.75 Å². The van der Waals surface area contributed by atoms with Crippen LogP contribution in [0.2, 0.25) is 0 Å². The molecule has 4 rings (SSSR count). The van der Waals surface area contributed by atoms with Crippen molar-refractivity contribution in [2.45, 2.75) is 13.8 Å². The van der Waals surface area contributed by atoms with Crippen LogP contribution in [0, 0.1) is 13.8 Å². The van der Waals surface area contributed by atoms with Crippen molar-refractivity contribution in [1.29, 1.82) is 0 Å². The van der Waals surface area contributed by atoms with Crippen LogP contribution in [0.4, 0.5) is 0 Å². The molecule has 0 aliphatic rings. The first-order valence-electron chi connectivity index (χ1n) is 9.32. The molecule has 0 amide bonds. The number of hydrogen-bond donors (Lipinski definition) is 2. The molecule has 138 valence electrons. The van der Waals surface area contributed by atoms with Crippen LogP contribution >= 0.6 is 0 Å². The zero-order chi connectivity index (χ0) is 19.7. The van der Waals surface area contributed by atoms with Crippen molar-refractivity contribution in [2.24, 2.45) is 0 Å². The van der Waals surface area contributed by atoms with Gasteiger partial charge in [0.15, 0.2) is 0 Å². The first-order chi connectivity index (χ1) is 13.5. The van der Waals surface area contributed by atoms with Gasteiger partial charge >= 0.3 is 0 Å². The summed E-state index contributed by atoms with van der Waals surface area (Å²) in [4.78, 5) is 0. The van der Waals surface area contributed by atoms with Crippen LogP contribution in [0.3, 0.4) is 0 Å². The van der Waals surface area contributed by atoms with E-state index in [-0.39, 0.29) is 5.75 Å². The number of aryl methyl sites for hydroxylation is 2. The quantitative estimate of drug-likeness (QED) is 0.423. The van der Waals surface area contributed by atoms with E-state index < -0.39 is 0 Å². The van der Waals surface area contributed by atoms with E-state index >= 15 is 0 Å². The summed E-state index contributed by atoms with van der Waals surface area (Å²) in [5.74, 6) is 0.647. The monoisotopic (exact) mass is 366 g/mol. The van der Waals surface area contributed by atoms with E-state index in [4.69, 9.17) is 0 Å². The summed E-state index contributed by atoms with van der Waals surface area (Å²) >= 11 is 0. The fourth-order valence-electron chi connectivity index (χ4n) is 3.49. The average molecular weight is 366 g/mol. The Morgan fingerprint density at radius 1 is 0.429 bits per heavy atom. The van der Waals surface area contributed by atoms with Crippen LogP contribution in [0.25, 0.3) is 33.4 Å². The molecule has 0 fully saturated rings. The molecule has 0 atom stereocenters. The third kappa shape index (κ3) is 3.49. The van der Waals surface area contributed by atoms with E-state index in [0.717, 1.165) is 44.5 Å². The molecule has 4 aromatic carbocycles. The number of aromatic hydroxyl groups is 2. The van der Waals surface area contributed by atoms with Crippen molar-refractivity contribution < 1.29 is 10.2 Å². The zero-order valence-corrected chi connectivity index (χ0v) is 16.0. The fourth-order valence-corrected chi connectivity index (χ4v) is 3.49. The minimum Gasteiger partial charge on any atom is -0.508 e. The fraction of sp³-hybridized carbons (Fsp3) is 0.0769. The van der Waals surface area contributed by atoms with Crippen molar-refractivity contribution in [3.63, 3.8) is 0 Å². The van der Waals surface area contributed by atoms with Gasteiger partial charge in [-0.25, -0.2) is 0 Å². The second-order valence-corrected chi connectivity index (χ2v) is 7.16. The lowest BCUT2D eigenvalue weighted by Gasteiger charge is -2.10. The summed E-state index contributed by atoms with van der Waals surface area (Å²) < 4.78 is 0. The SMILES string of the molecule is Cc1cc(-c2ccc(-c3ccc(-c4ccc(O)cc4)cc3)cc2)cc(C)c1O. The van der Waals surface area contributed by atoms with Crippen molar-refractivity contribution in [2.75, 3.05) is 0 Å². The summed E-state index contributed by atoms with van der Waals surface area (Å²) in [6, 6.07) is 28.2. The molecule has 0 bridgehead atoms. The Hall–Kier alpha value is -3.52. The van der Waals surface area contributed by atoms with Gasteiger partial charge < -0.3 is 10.2 Å². The molecule has 0 unspecified atom stereocenters. The standard InChI is InChI=1S/C26H22O2/c1-17-15-24(16-18(2)26(17)28)23-9-7-20(8-10-23)19-3-5-21(6-4-19)22-11-13-25(27)14-12-22/h3-16,27-28H,1-2H3. The summed E-state index contributed by atoms with van der Waals surface area (Å²) in [5, 5.41) is 19.4. The van der Waals surface area contributed by atoms with E-state index in [2.05, 4.69) is 48.5 Å². The normalized spacial score (nSPS) is 10.8. The molecule has 2 nitrogen and oxygen atoms in total. The molecular weight excluding hydrogens is 344 g/mol. The highest BCUT2D eigenvalue weighted by molar-refractivity contribution is 5.74. The minimum absolute atomic E-state index is 0.277. The van der Waals surface area contributed by atoms with Gasteiger partial charge in [-0.15, -0.1) is 0 Å². The molecule has 0 saturated heterocycles. The minimum atomic E-state index is 0.277. The summed E-state index contributed by atoms with van der Waals surface area (Å²) in [7, 11) is 0. The third-order valence-corrected chi connectivity index (χ3v) is 5.13. The number of benzene rings is 4. The predicted molar refractivity (Wildman–Crippen MR) is 116 cm³/mol. The number of phenolic OH excluding ortho intramolecular Hbond substituents is 2. The molecule has 0 heterocycles. The lowest BCUT2D eigenvalue weighted by molar-refractivity contribution is 0.467. The molecule has 28 heavy (non-hydrogen) atoms. The van der Waals surface area contributed by atoms with E-state index in [9.17, 15) is 10.2 Å². The highest BCUT2D eigenvalue weighted by Crippen LogP contribution is 2.31. The van der Waals surface area contributed by atoms with Gasteiger partial charge in [0.25, 0.3) is 0 Å². The summed E-state index contributed by atoms with van der Waals surface area (Å²) in [6.07, 6.45) is 0. The average Bonchev–Trinajstić information content (AvgIpc) is 2.72. The number of rotatable bonds is 3. The lowest BCUT2D eigenvalue weighted by atomic mass is 9.96. The highest BCUT2D eigenvalue weighted by Gasteiger charge is 2.06. The van der Waals surface area contributed by atoms with Gasteiger partial charge in [0, 0.05) is 0 Å². The maximum absolute atomic E-state index is 9.98. The smallest absolute Gasteiger partial charge is 0.121 e. The maximum Gasteiger partial charge on any atom is 0.121 e. The second-order valence-electron chi connectivity index (χ2n) is 7.16. The Balaban J connectivity index is 1.59. The van der Waals surface area contributed by atoms with Gasteiger partial charge in [-0.05, 0) is 82.6 Å². The first-order valence-corrected chi connectivity index (χ1v) is 9.32. The Morgan fingerprint density at radius 2 is 0.714 bits per heavy atom.